The van der Waals surface area contributed by atoms with Gasteiger partial charge in [-0.05, 0) is 49.2 Å². The summed E-state index contributed by atoms with van der Waals surface area (Å²) in [5.41, 5.74) is 3.49. The van der Waals surface area contributed by atoms with Gasteiger partial charge in [-0.1, -0.05) is 17.7 Å². The van der Waals surface area contributed by atoms with Crippen molar-refractivity contribution in [2.24, 2.45) is 0 Å². The number of nitrogens with zero attached hydrogens (tertiary/aromatic N) is 2. The van der Waals surface area contributed by atoms with Gasteiger partial charge in [0.2, 0.25) is 5.91 Å². The maximum atomic E-state index is 12.8. The van der Waals surface area contributed by atoms with Gasteiger partial charge in [0.1, 0.15) is 12.3 Å². The van der Waals surface area contributed by atoms with E-state index < -0.39 is 10.2 Å². The Bertz CT molecular complexity index is 1150. The Hall–Kier alpha value is -3.04. The molecule has 0 saturated carbocycles. The van der Waals surface area contributed by atoms with Crippen molar-refractivity contribution in [1.29, 1.82) is 0 Å². The summed E-state index contributed by atoms with van der Waals surface area (Å²) in [6, 6.07) is 12.8. The van der Waals surface area contributed by atoms with Crippen LogP contribution in [0.3, 0.4) is 0 Å². The Morgan fingerprint density at radius 2 is 1.84 bits per heavy atom. The summed E-state index contributed by atoms with van der Waals surface area (Å²) in [5, 5.41) is 3.86. The molecule has 31 heavy (non-hydrogen) atoms. The Labute approximate surface area is 183 Å². The average molecular weight is 445 g/mol. The van der Waals surface area contributed by atoms with Crippen molar-refractivity contribution in [1.82, 2.24) is 14.6 Å². The van der Waals surface area contributed by atoms with E-state index in [2.05, 4.69) is 10.3 Å². The van der Waals surface area contributed by atoms with Gasteiger partial charge in [-0.15, -0.1) is 0 Å². The fourth-order valence-electron chi connectivity index (χ4n) is 3.23. The first-order valence-electron chi connectivity index (χ1n) is 9.90. The zero-order valence-corrected chi connectivity index (χ0v) is 19.0. The Morgan fingerprint density at radius 3 is 2.48 bits per heavy atom. The van der Waals surface area contributed by atoms with Crippen LogP contribution in [0.2, 0.25) is 0 Å². The summed E-state index contributed by atoms with van der Waals surface area (Å²) in [5.74, 6) is 0.392. The van der Waals surface area contributed by atoms with Gasteiger partial charge in [0.25, 0.3) is 0 Å². The van der Waals surface area contributed by atoms with Gasteiger partial charge in [0.05, 0.1) is 12.8 Å². The van der Waals surface area contributed by atoms with Gasteiger partial charge in [0.15, 0.2) is 0 Å². The van der Waals surface area contributed by atoms with Crippen molar-refractivity contribution in [3.8, 4) is 5.75 Å². The van der Waals surface area contributed by atoms with Gasteiger partial charge in [-0.25, -0.2) is 4.31 Å². The molecular weight excluding hydrogens is 416 g/mol. The summed E-state index contributed by atoms with van der Waals surface area (Å²) in [6.07, 6.45) is 2.51. The highest BCUT2D eigenvalue weighted by molar-refractivity contribution is 7.90. The van der Waals surface area contributed by atoms with Crippen LogP contribution in [0.5, 0.6) is 5.75 Å². The Morgan fingerprint density at radius 1 is 1.13 bits per heavy atom. The maximum absolute atomic E-state index is 12.8. The summed E-state index contributed by atoms with van der Waals surface area (Å²) < 4.78 is 33.0. The second-order valence-electron chi connectivity index (χ2n) is 7.46. The third kappa shape index (κ3) is 5.18. The van der Waals surface area contributed by atoms with Crippen LogP contribution in [-0.2, 0) is 21.4 Å². The predicted molar refractivity (Wildman–Crippen MR) is 123 cm³/mol. The molecule has 0 aliphatic rings. The first-order valence-corrected chi connectivity index (χ1v) is 11.3. The first kappa shape index (κ1) is 22.6. The molecule has 0 saturated heterocycles. The largest absolute Gasteiger partial charge is 0.497 e. The minimum Gasteiger partial charge on any atom is -0.497 e. The fourth-order valence-corrected chi connectivity index (χ4v) is 4.29. The number of ether oxygens (including phenoxy) is 1. The number of nitrogens with one attached hydrogen (secondary N) is 2. The molecule has 2 aromatic carbocycles. The molecule has 0 radical (unpaired) electrons. The van der Waals surface area contributed by atoms with E-state index in [-0.39, 0.29) is 12.5 Å². The first-order chi connectivity index (χ1) is 14.7. The number of methoxy groups -OCH3 is 1. The molecule has 3 aromatic rings. The lowest BCUT2D eigenvalue weighted by atomic mass is 10.1. The third-order valence-electron chi connectivity index (χ3n) is 5.04. The van der Waals surface area contributed by atoms with E-state index in [9.17, 15) is 13.2 Å². The smallest absolute Gasteiger partial charge is 0.304 e. The molecule has 1 aromatic heterocycles. The highest BCUT2D eigenvalue weighted by Crippen LogP contribution is 2.24. The highest BCUT2D eigenvalue weighted by atomic mass is 32.2. The van der Waals surface area contributed by atoms with E-state index in [4.69, 9.17) is 4.74 Å². The van der Waals surface area contributed by atoms with Crippen LogP contribution in [0.15, 0.2) is 48.7 Å². The van der Waals surface area contributed by atoms with E-state index in [1.54, 1.807) is 19.2 Å². The number of aromatic amines is 1. The number of rotatable bonds is 9. The molecule has 1 heterocycles. The minimum atomic E-state index is -3.82. The number of benzene rings is 2. The summed E-state index contributed by atoms with van der Waals surface area (Å²) in [4.78, 5) is 15.8. The van der Waals surface area contributed by atoms with E-state index in [1.807, 2.05) is 43.5 Å². The standard InChI is InChI=1S/C22H28N4O4S/c1-16-5-7-18(8-6-16)26(31(28,29)25(2)3)15-22(27)23-12-11-17-14-24-21-10-9-19(30-4)13-20(17)21/h5-10,13-14,24H,11-12,15H2,1-4H3,(H,23,27). The fraction of sp³-hybridized carbons (Fsp3) is 0.318. The summed E-state index contributed by atoms with van der Waals surface area (Å²) in [7, 11) is 0.691. The van der Waals surface area contributed by atoms with Gasteiger partial charge < -0.3 is 15.0 Å². The van der Waals surface area contributed by atoms with Crippen molar-refractivity contribution in [3.63, 3.8) is 0 Å². The maximum Gasteiger partial charge on any atom is 0.304 e. The highest BCUT2D eigenvalue weighted by Gasteiger charge is 2.27. The molecule has 0 atom stereocenters. The SMILES string of the molecule is COc1ccc2[nH]cc(CCNC(=O)CN(c3ccc(C)cc3)S(=O)(=O)N(C)C)c2c1. The Kier molecular flexibility index (Phi) is 6.87. The van der Waals surface area contributed by atoms with Gasteiger partial charge in [-0.3, -0.25) is 4.79 Å². The molecule has 0 spiro atoms. The second-order valence-corrected chi connectivity index (χ2v) is 9.52. The third-order valence-corrected chi connectivity index (χ3v) is 6.86. The molecule has 166 valence electrons. The van der Waals surface area contributed by atoms with Gasteiger partial charge in [0, 0.05) is 37.7 Å². The summed E-state index contributed by atoms with van der Waals surface area (Å²) >= 11 is 0. The molecule has 0 bridgehead atoms. The quantitative estimate of drug-likeness (QED) is 0.530. The number of aromatic nitrogens is 1. The van der Waals surface area contributed by atoms with Crippen molar-refractivity contribution >= 4 is 32.7 Å². The lowest BCUT2D eigenvalue weighted by Gasteiger charge is -2.27. The number of hydrogen-bond acceptors (Lipinski definition) is 4. The number of hydrogen-bond donors (Lipinski definition) is 2. The molecule has 1 amide bonds. The molecule has 0 fully saturated rings. The molecule has 0 unspecified atom stereocenters. The number of H-pyrrole nitrogens is 1. The monoisotopic (exact) mass is 444 g/mol. The summed E-state index contributed by atoms with van der Waals surface area (Å²) in [6.45, 7) is 2.00. The van der Waals surface area contributed by atoms with Crippen LogP contribution in [0.4, 0.5) is 5.69 Å². The minimum absolute atomic E-state index is 0.300. The zero-order chi connectivity index (χ0) is 22.6. The van der Waals surface area contributed by atoms with Crippen LogP contribution >= 0.6 is 0 Å². The van der Waals surface area contributed by atoms with E-state index in [0.717, 1.165) is 36.4 Å². The Balaban J connectivity index is 1.68. The van der Waals surface area contributed by atoms with Crippen molar-refractivity contribution < 1.29 is 17.9 Å². The van der Waals surface area contributed by atoms with Crippen LogP contribution in [-0.4, -0.2) is 57.9 Å². The van der Waals surface area contributed by atoms with Crippen LogP contribution in [0.1, 0.15) is 11.1 Å². The molecule has 8 nitrogen and oxygen atoms in total. The second kappa shape index (κ2) is 9.40. The lowest BCUT2D eigenvalue weighted by Crippen LogP contribution is -2.46. The van der Waals surface area contributed by atoms with E-state index in [1.165, 1.54) is 14.1 Å². The topological polar surface area (TPSA) is 94.7 Å². The predicted octanol–water partition coefficient (Wildman–Crippen LogP) is 2.46. The van der Waals surface area contributed by atoms with Gasteiger partial charge in [-0.2, -0.15) is 12.7 Å². The number of carbonyl (C=O) groups is 1. The van der Waals surface area contributed by atoms with Crippen LogP contribution < -0.4 is 14.4 Å². The van der Waals surface area contributed by atoms with Crippen LogP contribution in [0, 0.1) is 6.92 Å². The number of carbonyl (C=O) groups excluding carboxylic acids is 1. The average Bonchev–Trinajstić information content (AvgIpc) is 3.14. The molecular formula is C22H28N4O4S. The van der Waals surface area contributed by atoms with E-state index in [0.29, 0.717) is 18.7 Å². The van der Waals surface area contributed by atoms with E-state index >= 15 is 0 Å². The number of fused-ring (bicyclic) bond motifs is 1. The zero-order valence-electron chi connectivity index (χ0n) is 18.2. The molecule has 3 rings (SSSR count). The molecule has 9 heteroatoms. The number of anilines is 1. The number of aryl methyl sites for hydroxylation is 1. The normalized spacial score (nSPS) is 11.6. The van der Waals surface area contributed by atoms with Gasteiger partial charge >= 0.3 is 10.2 Å². The molecule has 0 aliphatic carbocycles. The lowest BCUT2D eigenvalue weighted by molar-refractivity contribution is -0.119. The van der Waals surface area contributed by atoms with Crippen molar-refractivity contribution in [2.75, 3.05) is 38.6 Å². The molecule has 2 N–H and O–H groups in total. The van der Waals surface area contributed by atoms with Crippen molar-refractivity contribution in [3.05, 3.63) is 59.8 Å². The number of amides is 1. The van der Waals surface area contributed by atoms with Crippen LogP contribution in [0.25, 0.3) is 10.9 Å². The van der Waals surface area contributed by atoms with Crippen molar-refractivity contribution in [2.45, 2.75) is 13.3 Å². The molecule has 0 aliphatic heterocycles.